The average Bonchev–Trinajstić information content (AvgIpc) is 3.05. The Morgan fingerprint density at radius 1 is 0.889 bits per heavy atom. The number of nitrogens with zero attached hydrogens (tertiary/aromatic N) is 2. The molecule has 0 aliphatic carbocycles. The second-order valence-corrected chi connectivity index (χ2v) is 9.16. The van der Waals surface area contributed by atoms with E-state index in [9.17, 15) is 0 Å². The minimum absolute atomic E-state index is 0.000815. The summed E-state index contributed by atoms with van der Waals surface area (Å²) >= 11 is 0. The number of rotatable bonds is 3. The van der Waals surface area contributed by atoms with Crippen molar-refractivity contribution in [1.29, 1.82) is 0 Å². The van der Waals surface area contributed by atoms with E-state index >= 15 is 0 Å². The zero-order valence-corrected chi connectivity index (χ0v) is 16.8. The van der Waals surface area contributed by atoms with Gasteiger partial charge in [-0.15, -0.1) is 0 Å². The fourth-order valence-corrected chi connectivity index (χ4v) is 3.57. The van der Waals surface area contributed by atoms with E-state index in [0.29, 0.717) is 0 Å². The van der Waals surface area contributed by atoms with Crippen LogP contribution in [-0.2, 0) is 17.3 Å². The van der Waals surface area contributed by atoms with Gasteiger partial charge in [-0.3, -0.25) is 4.98 Å². The highest BCUT2D eigenvalue weighted by Crippen LogP contribution is 2.31. The van der Waals surface area contributed by atoms with Gasteiger partial charge in [0.1, 0.15) is 0 Å². The number of aromatic amines is 1. The third kappa shape index (κ3) is 3.46. The molecule has 0 saturated carbocycles. The number of hydrogen-bond acceptors (Lipinski definition) is 2. The van der Waals surface area contributed by atoms with Gasteiger partial charge in [-0.1, -0.05) is 58.9 Å². The second kappa shape index (κ2) is 6.19. The first-order valence-corrected chi connectivity index (χ1v) is 9.57. The van der Waals surface area contributed by atoms with Crippen LogP contribution >= 0.6 is 0 Å². The maximum atomic E-state index is 4.87. The van der Waals surface area contributed by atoms with Gasteiger partial charge in [0.25, 0.3) is 0 Å². The first-order chi connectivity index (χ1) is 12.7. The van der Waals surface area contributed by atoms with Gasteiger partial charge in [0.2, 0.25) is 0 Å². The number of fused-ring (bicyclic) bond motifs is 2. The van der Waals surface area contributed by atoms with E-state index in [4.69, 9.17) is 4.98 Å². The highest BCUT2D eigenvalue weighted by atomic mass is 14.8. The highest BCUT2D eigenvalue weighted by molar-refractivity contribution is 5.80. The Bertz CT molecular complexity index is 1080. The van der Waals surface area contributed by atoms with Gasteiger partial charge < -0.3 is 4.98 Å². The summed E-state index contributed by atoms with van der Waals surface area (Å²) < 4.78 is 0. The fraction of sp³-hybridized carbons (Fsp3) is 0.333. The summed E-state index contributed by atoms with van der Waals surface area (Å²) in [6.07, 6.45) is 2.84. The molecule has 4 rings (SSSR count). The third-order valence-corrected chi connectivity index (χ3v) is 5.28. The summed E-state index contributed by atoms with van der Waals surface area (Å²) in [5.41, 5.74) is 6.71. The molecule has 0 spiro atoms. The van der Waals surface area contributed by atoms with Crippen molar-refractivity contribution in [2.75, 3.05) is 0 Å². The maximum absolute atomic E-state index is 4.87. The molecule has 0 amide bonds. The van der Waals surface area contributed by atoms with Gasteiger partial charge in [-0.25, -0.2) is 4.98 Å². The predicted octanol–water partition coefficient (Wildman–Crippen LogP) is 5.93. The van der Waals surface area contributed by atoms with Gasteiger partial charge in [0.15, 0.2) is 0 Å². The molecule has 0 fully saturated rings. The lowest BCUT2D eigenvalue weighted by Gasteiger charge is -2.24. The minimum atomic E-state index is 0.000815. The molecule has 0 aliphatic rings. The molecule has 2 heterocycles. The Kier molecular flexibility index (Phi) is 4.06. The third-order valence-electron chi connectivity index (χ3n) is 5.28. The molecule has 3 nitrogen and oxygen atoms in total. The Morgan fingerprint density at radius 2 is 1.67 bits per heavy atom. The molecule has 0 radical (unpaired) electrons. The van der Waals surface area contributed by atoms with Crippen LogP contribution in [0.4, 0.5) is 0 Å². The Morgan fingerprint density at radius 3 is 2.41 bits per heavy atom. The van der Waals surface area contributed by atoms with E-state index in [1.165, 1.54) is 22.2 Å². The van der Waals surface area contributed by atoms with Crippen molar-refractivity contribution in [3.05, 3.63) is 71.7 Å². The standard InChI is InChI=1S/C24H27N3/c1-23(2,3)22-15-25-19-11-10-16(12-20(19)27-22)14-24(4,5)21-13-17-8-6-7-9-18(17)26-21/h6-13,15,26H,14H2,1-5H3. The highest BCUT2D eigenvalue weighted by Gasteiger charge is 2.24. The molecule has 2 aromatic carbocycles. The number of hydrogen-bond donors (Lipinski definition) is 1. The Labute approximate surface area is 160 Å². The van der Waals surface area contributed by atoms with Crippen LogP contribution in [0.2, 0.25) is 0 Å². The number of para-hydroxylation sites is 1. The topological polar surface area (TPSA) is 41.6 Å². The molecule has 0 saturated heterocycles. The number of aromatic nitrogens is 3. The lowest BCUT2D eigenvalue weighted by molar-refractivity contribution is 0.509. The Hall–Kier alpha value is -2.68. The van der Waals surface area contributed by atoms with Crippen LogP contribution in [-0.4, -0.2) is 15.0 Å². The zero-order valence-electron chi connectivity index (χ0n) is 16.8. The van der Waals surface area contributed by atoms with Crippen molar-refractivity contribution < 1.29 is 0 Å². The first-order valence-electron chi connectivity index (χ1n) is 9.57. The average molecular weight is 358 g/mol. The van der Waals surface area contributed by atoms with E-state index in [-0.39, 0.29) is 10.8 Å². The van der Waals surface area contributed by atoms with E-state index in [0.717, 1.165) is 23.1 Å². The molecule has 3 heteroatoms. The first kappa shape index (κ1) is 17.7. The quantitative estimate of drug-likeness (QED) is 0.494. The van der Waals surface area contributed by atoms with Crippen LogP contribution in [0.25, 0.3) is 21.9 Å². The summed E-state index contributed by atoms with van der Waals surface area (Å²) in [4.78, 5) is 13.1. The molecule has 1 N–H and O–H groups in total. The van der Waals surface area contributed by atoms with Gasteiger partial charge in [-0.2, -0.15) is 0 Å². The SMILES string of the molecule is CC(C)(C)c1cnc2ccc(CC(C)(C)c3cc4ccccc4[nH]3)cc2n1. The molecule has 0 aliphatic heterocycles. The molecular formula is C24H27N3. The zero-order chi connectivity index (χ0) is 19.2. The monoisotopic (exact) mass is 357 g/mol. The van der Waals surface area contributed by atoms with Crippen molar-refractivity contribution in [3.63, 3.8) is 0 Å². The van der Waals surface area contributed by atoms with Crippen LogP contribution in [0, 0.1) is 0 Å². The lowest BCUT2D eigenvalue weighted by atomic mass is 9.82. The van der Waals surface area contributed by atoms with Crippen molar-refractivity contribution in [1.82, 2.24) is 15.0 Å². The number of nitrogens with one attached hydrogen (secondary N) is 1. The summed E-state index contributed by atoms with van der Waals surface area (Å²) in [7, 11) is 0. The smallest absolute Gasteiger partial charge is 0.0893 e. The van der Waals surface area contributed by atoms with Crippen LogP contribution in [0.1, 0.15) is 51.6 Å². The molecule has 4 aromatic rings. The summed E-state index contributed by atoms with van der Waals surface area (Å²) in [6.45, 7) is 11.1. The minimum Gasteiger partial charge on any atom is -0.358 e. The molecule has 0 unspecified atom stereocenters. The van der Waals surface area contributed by atoms with E-state index in [2.05, 4.69) is 93.1 Å². The summed E-state index contributed by atoms with van der Waals surface area (Å²) in [5.74, 6) is 0. The van der Waals surface area contributed by atoms with Crippen molar-refractivity contribution >= 4 is 21.9 Å². The molecule has 0 atom stereocenters. The Balaban J connectivity index is 1.68. The van der Waals surface area contributed by atoms with Crippen LogP contribution in [0.3, 0.4) is 0 Å². The van der Waals surface area contributed by atoms with E-state index < -0.39 is 0 Å². The van der Waals surface area contributed by atoms with Crippen LogP contribution < -0.4 is 0 Å². The van der Waals surface area contributed by atoms with Crippen molar-refractivity contribution in [2.24, 2.45) is 0 Å². The molecule has 2 aromatic heterocycles. The predicted molar refractivity (Wildman–Crippen MR) is 113 cm³/mol. The molecule has 138 valence electrons. The molecular weight excluding hydrogens is 330 g/mol. The van der Waals surface area contributed by atoms with E-state index in [1.54, 1.807) is 0 Å². The van der Waals surface area contributed by atoms with Crippen molar-refractivity contribution in [3.8, 4) is 0 Å². The van der Waals surface area contributed by atoms with Crippen molar-refractivity contribution in [2.45, 2.75) is 51.9 Å². The lowest BCUT2D eigenvalue weighted by Crippen LogP contribution is -2.21. The molecule has 0 bridgehead atoms. The van der Waals surface area contributed by atoms with Crippen LogP contribution in [0.15, 0.2) is 54.7 Å². The number of benzene rings is 2. The molecule has 27 heavy (non-hydrogen) atoms. The largest absolute Gasteiger partial charge is 0.358 e. The summed E-state index contributed by atoms with van der Waals surface area (Å²) in [5, 5.41) is 1.26. The van der Waals surface area contributed by atoms with Gasteiger partial charge in [-0.05, 0) is 41.6 Å². The maximum Gasteiger partial charge on any atom is 0.0893 e. The van der Waals surface area contributed by atoms with Gasteiger partial charge in [0.05, 0.1) is 16.7 Å². The fourth-order valence-electron chi connectivity index (χ4n) is 3.57. The van der Waals surface area contributed by atoms with E-state index in [1.807, 2.05) is 6.20 Å². The number of H-pyrrole nitrogens is 1. The van der Waals surface area contributed by atoms with Gasteiger partial charge in [0, 0.05) is 28.2 Å². The normalized spacial score (nSPS) is 12.8. The second-order valence-electron chi connectivity index (χ2n) is 9.16. The summed E-state index contributed by atoms with van der Waals surface area (Å²) in [6, 6.07) is 17.2. The van der Waals surface area contributed by atoms with Gasteiger partial charge >= 0.3 is 0 Å². The van der Waals surface area contributed by atoms with Crippen LogP contribution in [0.5, 0.6) is 0 Å².